The summed E-state index contributed by atoms with van der Waals surface area (Å²) in [6.07, 6.45) is -1.11. The maximum Gasteiger partial charge on any atom is 0.508 e. The molecule has 10 heteroatoms. The normalized spacial score (nSPS) is 14.4. The first-order valence-electron chi connectivity index (χ1n) is 6.80. The quantitative estimate of drug-likeness (QED) is 0.282. The van der Waals surface area contributed by atoms with Crippen LogP contribution in [0.4, 0.5) is 9.59 Å². The topological polar surface area (TPSA) is 119 Å². The van der Waals surface area contributed by atoms with Crippen molar-refractivity contribution in [2.45, 2.75) is 6.10 Å². The fourth-order valence-electron chi connectivity index (χ4n) is 1.38. The number of hydrogen-bond acceptors (Lipinski definition) is 9. The highest BCUT2D eigenvalue weighted by Crippen LogP contribution is 2.02. The summed E-state index contributed by atoms with van der Waals surface area (Å²) >= 11 is 0. The van der Waals surface area contributed by atoms with E-state index in [0.29, 0.717) is 0 Å². The Hall–Kier alpha value is -2.33. The van der Waals surface area contributed by atoms with Gasteiger partial charge in [-0.15, -0.1) is 0 Å². The monoisotopic (exact) mass is 333 g/mol. The minimum absolute atomic E-state index is 0.0397. The van der Waals surface area contributed by atoms with Crippen molar-refractivity contribution in [1.82, 2.24) is 5.32 Å². The van der Waals surface area contributed by atoms with Crippen LogP contribution in [0.25, 0.3) is 0 Å². The first-order valence-corrected chi connectivity index (χ1v) is 6.80. The van der Waals surface area contributed by atoms with E-state index in [1.54, 1.807) is 0 Å². The summed E-state index contributed by atoms with van der Waals surface area (Å²) in [4.78, 5) is 33.2. The van der Waals surface area contributed by atoms with Gasteiger partial charge in [-0.3, -0.25) is 0 Å². The van der Waals surface area contributed by atoms with E-state index in [0.717, 1.165) is 6.08 Å². The zero-order valence-corrected chi connectivity index (χ0v) is 12.5. The minimum Gasteiger partial charge on any atom is -0.459 e. The van der Waals surface area contributed by atoms with Crippen LogP contribution in [0.1, 0.15) is 0 Å². The van der Waals surface area contributed by atoms with Gasteiger partial charge in [-0.05, 0) is 0 Å². The standard InChI is InChI=1S/C13H19NO9/c1-2-11(15)20-5-6-21-12(16)14-3-4-22-13(17)23-10-7-18-9-19-8-10/h2,10H,1,3-9H2,(H,14,16). The molecule has 1 aliphatic heterocycles. The molecule has 0 aliphatic carbocycles. The van der Waals surface area contributed by atoms with Crippen LogP contribution in [0.5, 0.6) is 0 Å². The van der Waals surface area contributed by atoms with E-state index in [-0.39, 0.29) is 46.4 Å². The summed E-state index contributed by atoms with van der Waals surface area (Å²) in [6, 6.07) is 0. The van der Waals surface area contributed by atoms with Crippen molar-refractivity contribution in [3.63, 3.8) is 0 Å². The Morgan fingerprint density at radius 2 is 1.78 bits per heavy atom. The third-order valence-electron chi connectivity index (χ3n) is 2.36. The first-order chi connectivity index (χ1) is 11.1. The van der Waals surface area contributed by atoms with Gasteiger partial charge in [0.15, 0.2) is 6.10 Å². The van der Waals surface area contributed by atoms with Gasteiger partial charge < -0.3 is 33.7 Å². The number of alkyl carbamates (subject to hydrolysis) is 1. The van der Waals surface area contributed by atoms with Gasteiger partial charge >= 0.3 is 18.2 Å². The summed E-state index contributed by atoms with van der Waals surface area (Å²) in [5.74, 6) is -0.602. The highest BCUT2D eigenvalue weighted by Gasteiger charge is 2.19. The predicted molar refractivity (Wildman–Crippen MR) is 73.5 cm³/mol. The van der Waals surface area contributed by atoms with Crippen molar-refractivity contribution in [3.8, 4) is 0 Å². The van der Waals surface area contributed by atoms with E-state index in [4.69, 9.17) is 23.7 Å². The van der Waals surface area contributed by atoms with Crippen LogP contribution >= 0.6 is 0 Å². The molecular formula is C13H19NO9. The summed E-state index contributed by atoms with van der Waals surface area (Å²) < 4.78 is 28.8. The number of nitrogens with one attached hydrogen (secondary N) is 1. The molecule has 23 heavy (non-hydrogen) atoms. The number of esters is 1. The van der Waals surface area contributed by atoms with Gasteiger partial charge in [-0.25, -0.2) is 14.4 Å². The number of hydrogen-bond donors (Lipinski definition) is 1. The lowest BCUT2D eigenvalue weighted by molar-refractivity contribution is -0.157. The van der Waals surface area contributed by atoms with Gasteiger partial charge in [-0.2, -0.15) is 0 Å². The Kier molecular flexibility index (Phi) is 9.17. The van der Waals surface area contributed by atoms with E-state index in [1.807, 2.05) is 0 Å². The number of amides is 1. The fraction of sp³-hybridized carbons (Fsp3) is 0.615. The Bertz CT molecular complexity index is 406. The van der Waals surface area contributed by atoms with Gasteiger partial charge in [-0.1, -0.05) is 6.58 Å². The lowest BCUT2D eigenvalue weighted by atomic mass is 10.4. The number of carbonyl (C=O) groups is 3. The second kappa shape index (κ2) is 11.3. The van der Waals surface area contributed by atoms with E-state index >= 15 is 0 Å². The van der Waals surface area contributed by atoms with Crippen LogP contribution in [0, 0.1) is 0 Å². The van der Waals surface area contributed by atoms with Crippen LogP contribution in [0.3, 0.4) is 0 Å². The van der Waals surface area contributed by atoms with Crippen molar-refractivity contribution in [2.24, 2.45) is 0 Å². The summed E-state index contributed by atoms with van der Waals surface area (Å²) in [6.45, 7) is 3.65. The largest absolute Gasteiger partial charge is 0.508 e. The Morgan fingerprint density at radius 3 is 2.48 bits per heavy atom. The average molecular weight is 333 g/mol. The smallest absolute Gasteiger partial charge is 0.459 e. The van der Waals surface area contributed by atoms with Crippen molar-refractivity contribution < 1.29 is 42.8 Å². The molecule has 0 aromatic rings. The number of rotatable bonds is 8. The van der Waals surface area contributed by atoms with Gasteiger partial charge in [0, 0.05) is 6.08 Å². The molecule has 1 fully saturated rings. The molecule has 10 nitrogen and oxygen atoms in total. The molecule has 130 valence electrons. The highest BCUT2D eigenvalue weighted by molar-refractivity contribution is 5.81. The van der Waals surface area contributed by atoms with E-state index < -0.39 is 24.3 Å². The van der Waals surface area contributed by atoms with Crippen LogP contribution in [-0.4, -0.2) is 70.7 Å². The molecule has 0 unspecified atom stereocenters. The number of ether oxygens (including phenoxy) is 6. The molecule has 0 radical (unpaired) electrons. The zero-order valence-electron chi connectivity index (χ0n) is 12.5. The highest BCUT2D eigenvalue weighted by atomic mass is 16.8. The minimum atomic E-state index is -0.879. The van der Waals surface area contributed by atoms with Gasteiger partial charge in [0.1, 0.15) is 26.6 Å². The molecule has 0 aromatic heterocycles. The Labute approximate surface area is 132 Å². The van der Waals surface area contributed by atoms with Gasteiger partial charge in [0.2, 0.25) is 0 Å². The van der Waals surface area contributed by atoms with Crippen LogP contribution < -0.4 is 5.32 Å². The molecule has 1 amide bonds. The molecular weight excluding hydrogens is 314 g/mol. The molecule has 1 heterocycles. The molecule has 1 rings (SSSR count). The summed E-state index contributed by atoms with van der Waals surface area (Å²) in [5, 5.41) is 2.34. The first kappa shape index (κ1) is 18.7. The lowest BCUT2D eigenvalue weighted by Crippen LogP contribution is -2.34. The van der Waals surface area contributed by atoms with Crippen LogP contribution in [0.15, 0.2) is 12.7 Å². The average Bonchev–Trinajstić information content (AvgIpc) is 2.56. The van der Waals surface area contributed by atoms with Gasteiger partial charge in [0.25, 0.3) is 0 Å². The summed E-state index contributed by atoms with van der Waals surface area (Å²) in [5.41, 5.74) is 0. The molecule has 0 spiro atoms. The number of carbonyl (C=O) groups excluding carboxylic acids is 3. The van der Waals surface area contributed by atoms with Crippen LogP contribution in [0.2, 0.25) is 0 Å². The molecule has 0 aromatic carbocycles. The van der Waals surface area contributed by atoms with Crippen molar-refractivity contribution in [2.75, 3.05) is 46.4 Å². The van der Waals surface area contributed by atoms with E-state index in [9.17, 15) is 14.4 Å². The maximum absolute atomic E-state index is 11.3. The second-order valence-electron chi connectivity index (χ2n) is 4.13. The van der Waals surface area contributed by atoms with Gasteiger partial charge in [0.05, 0.1) is 19.8 Å². The SMILES string of the molecule is C=CC(=O)OCCOC(=O)NCCOC(=O)OC1COCOC1. The van der Waals surface area contributed by atoms with Crippen molar-refractivity contribution in [3.05, 3.63) is 12.7 Å². The lowest BCUT2D eigenvalue weighted by Gasteiger charge is -2.21. The second-order valence-corrected chi connectivity index (χ2v) is 4.13. The third-order valence-corrected chi connectivity index (χ3v) is 2.36. The van der Waals surface area contributed by atoms with Crippen molar-refractivity contribution >= 4 is 18.2 Å². The zero-order chi connectivity index (χ0) is 16.9. The third kappa shape index (κ3) is 9.32. The molecule has 0 bridgehead atoms. The van der Waals surface area contributed by atoms with E-state index in [2.05, 4.69) is 16.6 Å². The molecule has 1 N–H and O–H groups in total. The molecule has 0 saturated carbocycles. The Balaban J connectivity index is 1.96. The fourth-order valence-corrected chi connectivity index (χ4v) is 1.38. The van der Waals surface area contributed by atoms with Crippen molar-refractivity contribution in [1.29, 1.82) is 0 Å². The van der Waals surface area contributed by atoms with Crippen LogP contribution in [-0.2, 0) is 33.2 Å². The maximum atomic E-state index is 11.3. The summed E-state index contributed by atoms with van der Waals surface area (Å²) in [7, 11) is 0. The Morgan fingerprint density at radius 1 is 1.09 bits per heavy atom. The predicted octanol–water partition coefficient (Wildman–Crippen LogP) is -0.0321. The molecule has 1 aliphatic rings. The molecule has 1 saturated heterocycles. The van der Waals surface area contributed by atoms with E-state index in [1.165, 1.54) is 0 Å². The molecule has 0 atom stereocenters.